The maximum atomic E-state index is 11.9. The van der Waals surface area contributed by atoms with E-state index in [2.05, 4.69) is 5.32 Å². The Bertz CT molecular complexity index is 506. The molecule has 0 radical (unpaired) electrons. The topological polar surface area (TPSA) is 75.6 Å². The normalized spacial score (nSPS) is 15.5. The van der Waals surface area contributed by atoms with E-state index in [1.165, 1.54) is 12.1 Å². The maximum Gasteiger partial charge on any atom is 0.335 e. The van der Waals surface area contributed by atoms with E-state index in [1.807, 2.05) is 0 Å². The van der Waals surface area contributed by atoms with E-state index < -0.39 is 5.97 Å². The lowest BCUT2D eigenvalue weighted by atomic mass is 10.0. The van der Waals surface area contributed by atoms with Gasteiger partial charge in [0.1, 0.15) is 0 Å². The van der Waals surface area contributed by atoms with Crippen molar-refractivity contribution in [2.24, 2.45) is 5.41 Å². The SMILES string of the molecule is COCCC1(CNC(=O)Cc2ccc(C(=O)O)cc2)CC1. The van der Waals surface area contributed by atoms with Crippen LogP contribution in [-0.4, -0.2) is 37.2 Å². The molecule has 0 spiro atoms. The molecule has 0 aromatic heterocycles. The van der Waals surface area contributed by atoms with E-state index in [4.69, 9.17) is 9.84 Å². The number of benzene rings is 1. The summed E-state index contributed by atoms with van der Waals surface area (Å²) < 4.78 is 5.09. The van der Waals surface area contributed by atoms with E-state index in [0.717, 1.165) is 31.4 Å². The van der Waals surface area contributed by atoms with Crippen LogP contribution in [0.3, 0.4) is 0 Å². The van der Waals surface area contributed by atoms with Gasteiger partial charge in [-0.3, -0.25) is 4.79 Å². The molecule has 1 aromatic carbocycles. The quantitative estimate of drug-likeness (QED) is 0.766. The standard InChI is InChI=1S/C16H21NO4/c1-21-9-8-16(6-7-16)11-17-14(18)10-12-2-4-13(5-3-12)15(19)20/h2-5H,6-11H2,1H3,(H,17,18)(H,19,20). The number of nitrogens with one attached hydrogen (secondary N) is 1. The van der Waals surface area contributed by atoms with Crippen LogP contribution in [0.4, 0.5) is 0 Å². The van der Waals surface area contributed by atoms with Gasteiger partial charge >= 0.3 is 5.97 Å². The zero-order valence-electron chi connectivity index (χ0n) is 12.2. The predicted molar refractivity (Wildman–Crippen MR) is 78.3 cm³/mol. The van der Waals surface area contributed by atoms with Gasteiger partial charge in [-0.05, 0) is 42.4 Å². The number of carbonyl (C=O) groups excluding carboxylic acids is 1. The molecule has 0 heterocycles. The minimum atomic E-state index is -0.959. The van der Waals surface area contributed by atoms with Crippen LogP contribution in [0.15, 0.2) is 24.3 Å². The van der Waals surface area contributed by atoms with Crippen LogP contribution >= 0.6 is 0 Å². The predicted octanol–water partition coefficient (Wildman–Crippen LogP) is 1.86. The van der Waals surface area contributed by atoms with Gasteiger partial charge in [0.2, 0.25) is 5.91 Å². The molecule has 1 amide bonds. The summed E-state index contributed by atoms with van der Waals surface area (Å²) in [5, 5.41) is 11.8. The molecule has 0 saturated heterocycles. The first-order valence-corrected chi connectivity index (χ1v) is 7.13. The van der Waals surface area contributed by atoms with Crippen molar-refractivity contribution in [3.05, 3.63) is 35.4 Å². The molecule has 2 rings (SSSR count). The summed E-state index contributed by atoms with van der Waals surface area (Å²) in [5.41, 5.74) is 1.29. The number of hydrogen-bond donors (Lipinski definition) is 2. The number of amides is 1. The van der Waals surface area contributed by atoms with Gasteiger partial charge in [0.05, 0.1) is 12.0 Å². The second-order valence-corrected chi connectivity index (χ2v) is 5.70. The van der Waals surface area contributed by atoms with E-state index in [9.17, 15) is 9.59 Å². The minimum absolute atomic E-state index is 0.0261. The van der Waals surface area contributed by atoms with E-state index in [0.29, 0.717) is 6.54 Å². The number of carboxylic acids is 1. The molecule has 0 atom stereocenters. The number of rotatable bonds is 8. The second kappa shape index (κ2) is 6.72. The van der Waals surface area contributed by atoms with Gasteiger partial charge in [-0.25, -0.2) is 4.79 Å². The largest absolute Gasteiger partial charge is 0.478 e. The van der Waals surface area contributed by atoms with Crippen LogP contribution in [-0.2, 0) is 16.0 Å². The first-order valence-electron chi connectivity index (χ1n) is 7.13. The zero-order valence-corrected chi connectivity index (χ0v) is 12.2. The van der Waals surface area contributed by atoms with Gasteiger partial charge < -0.3 is 15.2 Å². The molecule has 0 aliphatic heterocycles. The second-order valence-electron chi connectivity index (χ2n) is 5.70. The fourth-order valence-corrected chi connectivity index (χ4v) is 2.31. The first kappa shape index (κ1) is 15.5. The highest BCUT2D eigenvalue weighted by molar-refractivity contribution is 5.87. The Labute approximate surface area is 124 Å². The lowest BCUT2D eigenvalue weighted by Gasteiger charge is -2.15. The molecule has 1 fully saturated rings. The number of ether oxygens (including phenoxy) is 1. The summed E-state index contributed by atoms with van der Waals surface area (Å²) in [4.78, 5) is 22.7. The van der Waals surface area contributed by atoms with Gasteiger partial charge in [-0.2, -0.15) is 0 Å². The molecular weight excluding hydrogens is 270 g/mol. The summed E-state index contributed by atoms with van der Waals surface area (Å²) >= 11 is 0. The highest BCUT2D eigenvalue weighted by Crippen LogP contribution is 2.48. The molecule has 1 aliphatic carbocycles. The smallest absolute Gasteiger partial charge is 0.335 e. The van der Waals surface area contributed by atoms with Crippen molar-refractivity contribution in [3.63, 3.8) is 0 Å². The lowest BCUT2D eigenvalue weighted by molar-refractivity contribution is -0.120. The molecule has 5 nitrogen and oxygen atoms in total. The Hall–Kier alpha value is -1.88. The number of carboxylic acid groups (broad SMARTS) is 1. The first-order chi connectivity index (χ1) is 10.0. The summed E-state index contributed by atoms with van der Waals surface area (Å²) in [6, 6.07) is 6.40. The van der Waals surface area contributed by atoms with Crippen LogP contribution < -0.4 is 5.32 Å². The van der Waals surface area contributed by atoms with Crippen molar-refractivity contribution in [3.8, 4) is 0 Å². The average molecular weight is 291 g/mol. The lowest BCUT2D eigenvalue weighted by Crippen LogP contribution is -2.31. The van der Waals surface area contributed by atoms with Crippen molar-refractivity contribution in [2.75, 3.05) is 20.3 Å². The van der Waals surface area contributed by atoms with Crippen molar-refractivity contribution in [1.29, 1.82) is 0 Å². The summed E-state index contributed by atoms with van der Waals surface area (Å²) in [6.45, 7) is 1.43. The Morgan fingerprint density at radius 3 is 2.48 bits per heavy atom. The van der Waals surface area contributed by atoms with Gasteiger partial charge in [0.25, 0.3) is 0 Å². The highest BCUT2D eigenvalue weighted by Gasteiger charge is 2.41. The Morgan fingerprint density at radius 2 is 1.95 bits per heavy atom. The van der Waals surface area contributed by atoms with Crippen molar-refractivity contribution in [1.82, 2.24) is 5.32 Å². The monoisotopic (exact) mass is 291 g/mol. The van der Waals surface area contributed by atoms with Gasteiger partial charge in [0, 0.05) is 20.3 Å². The summed E-state index contributed by atoms with van der Waals surface area (Å²) in [5.74, 6) is -0.985. The van der Waals surface area contributed by atoms with Gasteiger partial charge in [-0.15, -0.1) is 0 Å². The number of carbonyl (C=O) groups is 2. The van der Waals surface area contributed by atoms with Crippen LogP contribution in [0.2, 0.25) is 0 Å². The van der Waals surface area contributed by atoms with Crippen molar-refractivity contribution < 1.29 is 19.4 Å². The average Bonchev–Trinajstić information content (AvgIpc) is 3.24. The number of hydrogen-bond acceptors (Lipinski definition) is 3. The van der Waals surface area contributed by atoms with E-state index in [1.54, 1.807) is 19.2 Å². The third-order valence-electron chi connectivity index (χ3n) is 4.02. The number of methoxy groups -OCH3 is 1. The van der Waals surface area contributed by atoms with Crippen molar-refractivity contribution >= 4 is 11.9 Å². The fourth-order valence-electron chi connectivity index (χ4n) is 2.31. The summed E-state index contributed by atoms with van der Waals surface area (Å²) in [6.07, 6.45) is 3.55. The minimum Gasteiger partial charge on any atom is -0.478 e. The molecule has 0 unspecified atom stereocenters. The van der Waals surface area contributed by atoms with Crippen LogP contribution in [0.25, 0.3) is 0 Å². The van der Waals surface area contributed by atoms with Gasteiger partial charge in [0.15, 0.2) is 0 Å². The Balaban J connectivity index is 1.78. The highest BCUT2D eigenvalue weighted by atomic mass is 16.5. The fraction of sp³-hybridized carbons (Fsp3) is 0.500. The third kappa shape index (κ3) is 4.56. The van der Waals surface area contributed by atoms with Crippen LogP contribution in [0, 0.1) is 5.41 Å². The third-order valence-corrected chi connectivity index (χ3v) is 4.02. The molecule has 5 heteroatoms. The van der Waals surface area contributed by atoms with Gasteiger partial charge in [-0.1, -0.05) is 12.1 Å². The van der Waals surface area contributed by atoms with Crippen LogP contribution in [0.5, 0.6) is 0 Å². The molecule has 114 valence electrons. The molecule has 2 N–H and O–H groups in total. The molecule has 1 aromatic rings. The number of aromatic carboxylic acids is 1. The Morgan fingerprint density at radius 1 is 1.29 bits per heavy atom. The summed E-state index contributed by atoms with van der Waals surface area (Å²) in [7, 11) is 1.69. The Kier molecular flexibility index (Phi) is 4.96. The van der Waals surface area contributed by atoms with E-state index in [-0.39, 0.29) is 23.3 Å². The van der Waals surface area contributed by atoms with E-state index >= 15 is 0 Å². The molecular formula is C16H21NO4. The zero-order chi connectivity index (χ0) is 15.3. The van der Waals surface area contributed by atoms with Crippen molar-refractivity contribution in [2.45, 2.75) is 25.7 Å². The molecule has 1 saturated carbocycles. The van der Waals surface area contributed by atoms with Crippen LogP contribution in [0.1, 0.15) is 35.2 Å². The maximum absolute atomic E-state index is 11.9. The molecule has 21 heavy (non-hydrogen) atoms. The molecule has 1 aliphatic rings. The molecule has 0 bridgehead atoms.